The lowest BCUT2D eigenvalue weighted by Gasteiger charge is -2.09. The molecule has 7 heteroatoms. The third-order valence-corrected chi connectivity index (χ3v) is 4.54. The zero-order valence-electron chi connectivity index (χ0n) is 12.0. The molecule has 0 fully saturated rings. The highest BCUT2D eigenvalue weighted by Gasteiger charge is 2.18. The number of nitrogens with two attached hydrogens (primary N) is 1. The van der Waals surface area contributed by atoms with E-state index in [-0.39, 0.29) is 11.6 Å². The largest absolute Gasteiger partial charge is 0.326 e. The highest BCUT2D eigenvalue weighted by molar-refractivity contribution is 7.89. The van der Waals surface area contributed by atoms with Crippen molar-refractivity contribution in [2.45, 2.75) is 38.0 Å². The van der Waals surface area contributed by atoms with Crippen LogP contribution >= 0.6 is 0 Å². The second kappa shape index (κ2) is 6.84. The standard InChI is InChI=1S/C14H20N4O2S/c1-2-9-18-14(7-8-16-18)21(19,20)17-11-13-5-3-12(10-15)4-6-13/h3-8,17H,2,9-11,15H2,1H3. The third-order valence-electron chi connectivity index (χ3n) is 3.11. The van der Waals surface area contributed by atoms with Gasteiger partial charge >= 0.3 is 0 Å². The van der Waals surface area contributed by atoms with Crippen molar-refractivity contribution in [2.75, 3.05) is 0 Å². The van der Waals surface area contributed by atoms with Gasteiger partial charge in [0.05, 0.1) is 6.20 Å². The van der Waals surface area contributed by atoms with Gasteiger partial charge in [-0.1, -0.05) is 31.2 Å². The zero-order valence-corrected chi connectivity index (χ0v) is 12.8. The average molecular weight is 308 g/mol. The first kappa shape index (κ1) is 15.7. The summed E-state index contributed by atoms with van der Waals surface area (Å²) in [6.07, 6.45) is 2.32. The van der Waals surface area contributed by atoms with E-state index in [1.165, 1.54) is 16.9 Å². The molecule has 0 bridgehead atoms. The molecule has 2 aromatic rings. The number of rotatable bonds is 7. The lowest BCUT2D eigenvalue weighted by Crippen LogP contribution is -2.26. The van der Waals surface area contributed by atoms with Gasteiger partial charge in [0.25, 0.3) is 10.0 Å². The fourth-order valence-corrected chi connectivity index (χ4v) is 3.13. The minimum Gasteiger partial charge on any atom is -0.326 e. The topological polar surface area (TPSA) is 90.0 Å². The summed E-state index contributed by atoms with van der Waals surface area (Å²) in [6, 6.07) is 9.04. The Morgan fingerprint density at radius 1 is 1.19 bits per heavy atom. The third kappa shape index (κ3) is 3.90. The van der Waals surface area contributed by atoms with Gasteiger partial charge in [0.2, 0.25) is 0 Å². The quantitative estimate of drug-likeness (QED) is 0.805. The number of hydrogen-bond acceptors (Lipinski definition) is 4. The number of aromatic nitrogens is 2. The van der Waals surface area contributed by atoms with Gasteiger partial charge in [-0.2, -0.15) is 5.10 Å². The van der Waals surface area contributed by atoms with Crippen LogP contribution in [0.5, 0.6) is 0 Å². The molecule has 114 valence electrons. The number of nitrogens with one attached hydrogen (secondary N) is 1. The van der Waals surface area contributed by atoms with Crippen molar-refractivity contribution in [3.8, 4) is 0 Å². The first-order valence-electron chi connectivity index (χ1n) is 6.86. The van der Waals surface area contributed by atoms with Gasteiger partial charge in [-0.15, -0.1) is 0 Å². The maximum Gasteiger partial charge on any atom is 0.258 e. The van der Waals surface area contributed by atoms with E-state index in [0.29, 0.717) is 13.1 Å². The molecule has 0 spiro atoms. The maximum absolute atomic E-state index is 12.3. The molecule has 0 atom stereocenters. The van der Waals surface area contributed by atoms with Crippen LogP contribution in [0.25, 0.3) is 0 Å². The summed E-state index contributed by atoms with van der Waals surface area (Å²) in [4.78, 5) is 0. The average Bonchev–Trinajstić information content (AvgIpc) is 2.95. The highest BCUT2D eigenvalue weighted by atomic mass is 32.2. The van der Waals surface area contributed by atoms with E-state index in [2.05, 4.69) is 9.82 Å². The van der Waals surface area contributed by atoms with Crippen molar-refractivity contribution in [3.63, 3.8) is 0 Å². The second-order valence-corrected chi connectivity index (χ2v) is 6.45. The van der Waals surface area contributed by atoms with Crippen molar-refractivity contribution in [1.82, 2.24) is 14.5 Å². The van der Waals surface area contributed by atoms with E-state index >= 15 is 0 Å². The SMILES string of the molecule is CCCn1nccc1S(=O)(=O)NCc1ccc(CN)cc1. The minimum atomic E-state index is -3.56. The van der Waals surface area contributed by atoms with Gasteiger partial charge in [-0.3, -0.25) is 4.68 Å². The Hall–Kier alpha value is -1.70. The molecular formula is C14H20N4O2S. The Bertz CT molecular complexity index is 677. The predicted octanol–water partition coefficient (Wildman–Crippen LogP) is 1.23. The summed E-state index contributed by atoms with van der Waals surface area (Å²) in [6.45, 7) is 3.27. The van der Waals surface area contributed by atoms with Gasteiger partial charge in [0.1, 0.15) is 0 Å². The molecular weight excluding hydrogens is 288 g/mol. The molecule has 0 amide bonds. The van der Waals surface area contributed by atoms with Crippen LogP contribution in [0.1, 0.15) is 24.5 Å². The van der Waals surface area contributed by atoms with Crippen LogP contribution < -0.4 is 10.5 Å². The summed E-state index contributed by atoms with van der Waals surface area (Å²) in [7, 11) is -3.56. The Labute approximate surface area is 125 Å². The monoisotopic (exact) mass is 308 g/mol. The molecule has 0 aliphatic heterocycles. The molecule has 3 N–H and O–H groups in total. The molecule has 1 heterocycles. The van der Waals surface area contributed by atoms with Gasteiger partial charge < -0.3 is 5.73 Å². The lowest BCUT2D eigenvalue weighted by atomic mass is 10.1. The summed E-state index contributed by atoms with van der Waals surface area (Å²) in [5.74, 6) is 0. The number of hydrogen-bond donors (Lipinski definition) is 2. The molecule has 21 heavy (non-hydrogen) atoms. The Balaban J connectivity index is 2.08. The van der Waals surface area contributed by atoms with Gasteiger partial charge in [-0.25, -0.2) is 13.1 Å². The lowest BCUT2D eigenvalue weighted by molar-refractivity contribution is 0.523. The van der Waals surface area contributed by atoms with Crippen molar-refractivity contribution in [3.05, 3.63) is 47.7 Å². The Morgan fingerprint density at radius 2 is 1.86 bits per heavy atom. The minimum absolute atomic E-state index is 0.197. The van der Waals surface area contributed by atoms with E-state index < -0.39 is 10.0 Å². The number of nitrogens with zero attached hydrogens (tertiary/aromatic N) is 2. The van der Waals surface area contributed by atoms with Crippen molar-refractivity contribution in [2.24, 2.45) is 5.73 Å². The van der Waals surface area contributed by atoms with Crippen LogP contribution in [0, 0.1) is 0 Å². The van der Waals surface area contributed by atoms with E-state index in [4.69, 9.17) is 5.73 Å². The van der Waals surface area contributed by atoms with Gasteiger partial charge in [-0.05, 0) is 23.6 Å². The molecule has 1 aromatic heterocycles. The van der Waals surface area contributed by atoms with Crippen LogP contribution in [-0.2, 0) is 29.7 Å². The summed E-state index contributed by atoms with van der Waals surface area (Å²) >= 11 is 0. The van der Waals surface area contributed by atoms with E-state index in [0.717, 1.165) is 17.5 Å². The summed E-state index contributed by atoms with van der Waals surface area (Å²) in [5, 5.41) is 4.23. The van der Waals surface area contributed by atoms with E-state index in [1.807, 2.05) is 31.2 Å². The van der Waals surface area contributed by atoms with Crippen LogP contribution in [0.3, 0.4) is 0 Å². The second-order valence-electron chi connectivity index (χ2n) is 4.74. The molecule has 0 radical (unpaired) electrons. The first-order chi connectivity index (χ1) is 10.1. The molecule has 0 saturated heterocycles. The predicted molar refractivity (Wildman–Crippen MR) is 80.9 cm³/mol. The van der Waals surface area contributed by atoms with Gasteiger partial charge in [0, 0.05) is 19.6 Å². The molecule has 1 aromatic carbocycles. The number of sulfonamides is 1. The smallest absolute Gasteiger partial charge is 0.258 e. The summed E-state index contributed by atoms with van der Waals surface area (Å²) in [5.41, 5.74) is 7.43. The molecule has 6 nitrogen and oxygen atoms in total. The van der Waals surface area contributed by atoms with Gasteiger partial charge in [0.15, 0.2) is 5.03 Å². The fourth-order valence-electron chi connectivity index (χ4n) is 1.97. The summed E-state index contributed by atoms with van der Waals surface area (Å²) < 4.78 is 28.7. The van der Waals surface area contributed by atoms with Crippen LogP contribution in [-0.4, -0.2) is 18.2 Å². The highest BCUT2D eigenvalue weighted by Crippen LogP contribution is 2.10. The molecule has 0 unspecified atom stereocenters. The molecule has 0 saturated carbocycles. The van der Waals surface area contributed by atoms with E-state index in [1.54, 1.807) is 0 Å². The zero-order chi connectivity index (χ0) is 15.3. The van der Waals surface area contributed by atoms with Crippen LogP contribution in [0.4, 0.5) is 0 Å². The van der Waals surface area contributed by atoms with Crippen molar-refractivity contribution in [1.29, 1.82) is 0 Å². The van der Waals surface area contributed by atoms with Crippen LogP contribution in [0.15, 0.2) is 41.6 Å². The molecule has 2 rings (SSSR count). The fraction of sp³-hybridized carbons (Fsp3) is 0.357. The maximum atomic E-state index is 12.3. The Kier molecular flexibility index (Phi) is 5.11. The van der Waals surface area contributed by atoms with Crippen molar-refractivity contribution >= 4 is 10.0 Å². The van der Waals surface area contributed by atoms with E-state index in [9.17, 15) is 8.42 Å². The molecule has 0 aliphatic carbocycles. The van der Waals surface area contributed by atoms with Crippen LogP contribution in [0.2, 0.25) is 0 Å². The Morgan fingerprint density at radius 3 is 2.48 bits per heavy atom. The normalized spacial score (nSPS) is 11.7. The number of benzene rings is 1. The molecule has 0 aliphatic rings. The first-order valence-corrected chi connectivity index (χ1v) is 8.34. The number of aryl methyl sites for hydroxylation is 1. The van der Waals surface area contributed by atoms with Crippen molar-refractivity contribution < 1.29 is 8.42 Å².